The van der Waals surface area contributed by atoms with Crippen LogP contribution in [0.25, 0.3) is 0 Å². The molecule has 1 aliphatic heterocycles. The van der Waals surface area contributed by atoms with Crippen molar-refractivity contribution in [1.29, 1.82) is 0 Å². The highest BCUT2D eigenvalue weighted by Gasteiger charge is 2.50. The molecule has 2 aromatic rings. The number of hydrogen-bond donors (Lipinski definition) is 0. The summed E-state index contributed by atoms with van der Waals surface area (Å²) in [6.45, 7) is 0. The molecule has 0 bridgehead atoms. The lowest BCUT2D eigenvalue weighted by atomic mass is 9.91. The molecule has 2 aliphatic rings. The van der Waals surface area contributed by atoms with Gasteiger partial charge in [-0.1, -0.05) is 54.6 Å². The van der Waals surface area contributed by atoms with Gasteiger partial charge >= 0.3 is 11.9 Å². The summed E-state index contributed by atoms with van der Waals surface area (Å²) in [4.78, 5) is 36.6. The van der Waals surface area contributed by atoms with Gasteiger partial charge in [0.1, 0.15) is 12.2 Å². The van der Waals surface area contributed by atoms with E-state index in [1.165, 1.54) is 0 Å². The van der Waals surface area contributed by atoms with Gasteiger partial charge in [0.2, 0.25) is 0 Å². The normalized spacial score (nSPS) is 25.1. The largest absolute Gasteiger partial charge is 0.462 e. The Kier molecular flexibility index (Phi) is 6.07. The first kappa shape index (κ1) is 20.1. The fourth-order valence-electron chi connectivity index (χ4n) is 4.28. The topological polar surface area (TPSA) is 69.7 Å². The lowest BCUT2D eigenvalue weighted by Crippen LogP contribution is -2.25. The van der Waals surface area contributed by atoms with E-state index in [2.05, 4.69) is 0 Å². The molecule has 0 N–H and O–H groups in total. The number of benzene rings is 2. The van der Waals surface area contributed by atoms with Gasteiger partial charge in [0.05, 0.1) is 12.0 Å². The van der Waals surface area contributed by atoms with E-state index in [4.69, 9.17) is 9.47 Å². The molecule has 5 nitrogen and oxygen atoms in total. The zero-order chi connectivity index (χ0) is 20.9. The zero-order valence-electron chi connectivity index (χ0n) is 16.6. The van der Waals surface area contributed by atoms with Crippen molar-refractivity contribution in [2.45, 2.75) is 37.9 Å². The summed E-state index contributed by atoms with van der Waals surface area (Å²) in [6.07, 6.45) is 4.53. The van der Waals surface area contributed by atoms with Crippen LogP contribution in [0, 0.1) is 11.8 Å². The monoisotopic (exact) mass is 404 g/mol. The molecular weight excluding hydrogens is 380 g/mol. The second kappa shape index (κ2) is 9.08. The Labute approximate surface area is 175 Å². The second-order valence-corrected chi connectivity index (χ2v) is 7.83. The standard InChI is InChI=1S/C25H24O5/c26-19(12-11-17-7-3-1-4-8-17)13-14-20-21-15-24(27)29-23(21)16-22(20)30-25(28)18-9-5-2-6-10-18/h1-10,13-14,20-23H,11-12,15-16H2/b14-13+. The molecule has 2 fully saturated rings. The number of rotatable bonds is 7. The van der Waals surface area contributed by atoms with Gasteiger partial charge in [-0.25, -0.2) is 4.79 Å². The molecule has 2 aromatic carbocycles. The predicted molar refractivity (Wildman–Crippen MR) is 111 cm³/mol. The lowest BCUT2D eigenvalue weighted by Gasteiger charge is -2.20. The third-order valence-corrected chi connectivity index (χ3v) is 5.83. The summed E-state index contributed by atoms with van der Waals surface area (Å²) >= 11 is 0. The Morgan fingerprint density at radius 1 is 1.03 bits per heavy atom. The average Bonchev–Trinajstić information content (AvgIpc) is 3.27. The molecule has 30 heavy (non-hydrogen) atoms. The van der Waals surface area contributed by atoms with E-state index in [0.29, 0.717) is 24.8 Å². The fourth-order valence-corrected chi connectivity index (χ4v) is 4.28. The maximum atomic E-state index is 12.5. The van der Waals surface area contributed by atoms with Gasteiger partial charge in [0.25, 0.3) is 0 Å². The molecule has 1 aliphatic carbocycles. The van der Waals surface area contributed by atoms with E-state index < -0.39 is 12.1 Å². The molecule has 1 heterocycles. The fraction of sp³-hybridized carbons (Fsp3) is 0.320. The molecular formula is C25H24O5. The molecule has 1 saturated heterocycles. The van der Waals surface area contributed by atoms with Crippen LogP contribution >= 0.6 is 0 Å². The van der Waals surface area contributed by atoms with E-state index in [0.717, 1.165) is 5.56 Å². The molecule has 4 atom stereocenters. The smallest absolute Gasteiger partial charge is 0.338 e. The first-order chi connectivity index (χ1) is 14.6. The van der Waals surface area contributed by atoms with Gasteiger partial charge in [-0.05, 0) is 30.2 Å². The van der Waals surface area contributed by atoms with Gasteiger partial charge in [0.15, 0.2) is 5.78 Å². The minimum Gasteiger partial charge on any atom is -0.462 e. The van der Waals surface area contributed by atoms with Crippen molar-refractivity contribution in [3.05, 3.63) is 83.9 Å². The summed E-state index contributed by atoms with van der Waals surface area (Å²) < 4.78 is 11.1. The van der Waals surface area contributed by atoms with E-state index in [-0.39, 0.29) is 36.1 Å². The number of carbonyl (C=O) groups is 3. The van der Waals surface area contributed by atoms with E-state index in [1.54, 1.807) is 30.3 Å². The number of fused-ring (bicyclic) bond motifs is 1. The number of ketones is 1. The molecule has 4 rings (SSSR count). The number of aryl methyl sites for hydroxylation is 1. The molecule has 4 unspecified atom stereocenters. The maximum Gasteiger partial charge on any atom is 0.338 e. The van der Waals surface area contributed by atoms with Crippen LogP contribution in [0.15, 0.2) is 72.8 Å². The molecule has 0 amide bonds. The van der Waals surface area contributed by atoms with Crippen LogP contribution in [0.2, 0.25) is 0 Å². The molecule has 0 aromatic heterocycles. The summed E-state index contributed by atoms with van der Waals surface area (Å²) in [5, 5.41) is 0. The first-order valence-electron chi connectivity index (χ1n) is 10.3. The van der Waals surface area contributed by atoms with Crippen LogP contribution in [0.3, 0.4) is 0 Å². The zero-order valence-corrected chi connectivity index (χ0v) is 16.6. The Balaban J connectivity index is 1.42. The van der Waals surface area contributed by atoms with Crippen molar-refractivity contribution in [3.8, 4) is 0 Å². The Morgan fingerprint density at radius 3 is 2.47 bits per heavy atom. The van der Waals surface area contributed by atoms with Crippen molar-refractivity contribution in [1.82, 2.24) is 0 Å². The van der Waals surface area contributed by atoms with E-state index in [1.807, 2.05) is 42.5 Å². The number of hydrogen-bond acceptors (Lipinski definition) is 5. The molecule has 0 radical (unpaired) electrons. The van der Waals surface area contributed by atoms with Gasteiger partial charge in [-0.15, -0.1) is 0 Å². The van der Waals surface area contributed by atoms with E-state index >= 15 is 0 Å². The van der Waals surface area contributed by atoms with Crippen LogP contribution in [0.5, 0.6) is 0 Å². The number of ether oxygens (including phenoxy) is 2. The maximum absolute atomic E-state index is 12.5. The number of esters is 2. The molecule has 1 saturated carbocycles. The van der Waals surface area contributed by atoms with Crippen molar-refractivity contribution < 1.29 is 23.9 Å². The Bertz CT molecular complexity index is 935. The van der Waals surface area contributed by atoms with Crippen LogP contribution < -0.4 is 0 Å². The molecule has 0 spiro atoms. The van der Waals surface area contributed by atoms with Gasteiger partial charge in [0, 0.05) is 24.7 Å². The van der Waals surface area contributed by atoms with E-state index in [9.17, 15) is 14.4 Å². The summed E-state index contributed by atoms with van der Waals surface area (Å²) in [6, 6.07) is 18.7. The molecule has 154 valence electrons. The first-order valence-corrected chi connectivity index (χ1v) is 10.3. The summed E-state index contributed by atoms with van der Waals surface area (Å²) in [5.74, 6) is -0.896. The van der Waals surface area contributed by atoms with Gasteiger partial charge in [-0.3, -0.25) is 9.59 Å². The van der Waals surface area contributed by atoms with Crippen LogP contribution in [-0.4, -0.2) is 29.9 Å². The molecule has 5 heteroatoms. The minimum absolute atomic E-state index is 0.0145. The number of carbonyl (C=O) groups excluding carboxylic acids is 3. The number of allylic oxidation sites excluding steroid dienone is 1. The van der Waals surface area contributed by atoms with Crippen molar-refractivity contribution in [2.24, 2.45) is 11.8 Å². The van der Waals surface area contributed by atoms with Gasteiger partial charge < -0.3 is 9.47 Å². The van der Waals surface area contributed by atoms with Crippen LogP contribution in [-0.2, 0) is 25.5 Å². The highest BCUT2D eigenvalue weighted by molar-refractivity contribution is 5.90. The van der Waals surface area contributed by atoms with Gasteiger partial charge in [-0.2, -0.15) is 0 Å². The van der Waals surface area contributed by atoms with Crippen molar-refractivity contribution in [3.63, 3.8) is 0 Å². The quantitative estimate of drug-likeness (QED) is 0.517. The predicted octanol–water partition coefficient (Wildman–Crippen LogP) is 3.92. The average molecular weight is 404 g/mol. The van der Waals surface area contributed by atoms with Crippen molar-refractivity contribution in [2.75, 3.05) is 0 Å². The summed E-state index contributed by atoms with van der Waals surface area (Å²) in [7, 11) is 0. The second-order valence-electron chi connectivity index (χ2n) is 7.83. The Hall–Kier alpha value is -3.21. The van der Waals surface area contributed by atoms with Crippen molar-refractivity contribution >= 4 is 17.7 Å². The van der Waals surface area contributed by atoms with Crippen LogP contribution in [0.4, 0.5) is 0 Å². The third-order valence-electron chi connectivity index (χ3n) is 5.83. The highest BCUT2D eigenvalue weighted by Crippen LogP contribution is 2.43. The lowest BCUT2D eigenvalue weighted by molar-refractivity contribution is -0.141. The minimum atomic E-state index is -0.418. The third kappa shape index (κ3) is 4.67. The van der Waals surface area contributed by atoms with Crippen LogP contribution in [0.1, 0.15) is 35.2 Å². The highest BCUT2D eigenvalue weighted by atomic mass is 16.6. The Morgan fingerprint density at radius 2 is 1.73 bits per heavy atom. The SMILES string of the molecule is O=C(/C=C/C1C(OC(=O)c2ccccc2)CC2OC(=O)CC21)CCc1ccccc1. The summed E-state index contributed by atoms with van der Waals surface area (Å²) in [5.41, 5.74) is 1.60.